The Morgan fingerprint density at radius 1 is 1.14 bits per heavy atom. The number of nitrogens with zero attached hydrogens (tertiary/aromatic N) is 3. The van der Waals surface area contributed by atoms with E-state index in [1.165, 1.54) is 12.1 Å². The van der Waals surface area contributed by atoms with Crippen LogP contribution >= 0.6 is 0 Å². The summed E-state index contributed by atoms with van der Waals surface area (Å²) in [5.41, 5.74) is 10.3. The molecule has 0 radical (unpaired) electrons. The van der Waals surface area contributed by atoms with Gasteiger partial charge in [-0.2, -0.15) is 5.10 Å². The predicted octanol–water partition coefficient (Wildman–Crippen LogP) is 3.18. The lowest BCUT2D eigenvalue weighted by atomic mass is 10.00. The fraction of sp³-hybridized carbons (Fsp3) is 0.125. The third kappa shape index (κ3) is 2.27. The van der Waals surface area contributed by atoms with E-state index in [0.717, 1.165) is 28.1 Å². The van der Waals surface area contributed by atoms with E-state index >= 15 is 0 Å². The molecule has 0 spiro atoms. The first-order valence-corrected chi connectivity index (χ1v) is 6.58. The maximum absolute atomic E-state index is 13.1. The summed E-state index contributed by atoms with van der Waals surface area (Å²) in [5, 5.41) is 4.50. The lowest BCUT2D eigenvalue weighted by molar-refractivity contribution is 0.628. The standard InChI is InChI=1S/C16H15FN4/c1-10-13(4-3-9-19-10)15-14(16(18)21(2)20-15)11-5-7-12(17)8-6-11/h3-9H,18H2,1-2H3. The van der Waals surface area contributed by atoms with Crippen molar-refractivity contribution >= 4 is 5.82 Å². The molecule has 0 saturated heterocycles. The molecule has 2 aromatic heterocycles. The zero-order valence-corrected chi connectivity index (χ0v) is 11.8. The summed E-state index contributed by atoms with van der Waals surface area (Å²) in [6.07, 6.45) is 1.74. The van der Waals surface area contributed by atoms with Gasteiger partial charge >= 0.3 is 0 Å². The number of nitrogens with two attached hydrogens (primary N) is 1. The van der Waals surface area contributed by atoms with E-state index in [2.05, 4.69) is 10.1 Å². The molecule has 0 unspecified atom stereocenters. The summed E-state index contributed by atoms with van der Waals surface area (Å²) in [6, 6.07) is 10.1. The fourth-order valence-electron chi connectivity index (χ4n) is 2.36. The second-order valence-electron chi connectivity index (χ2n) is 4.88. The van der Waals surface area contributed by atoms with Gasteiger partial charge in [0.2, 0.25) is 0 Å². The van der Waals surface area contributed by atoms with Crippen LogP contribution in [0.1, 0.15) is 5.69 Å². The minimum Gasteiger partial charge on any atom is -0.383 e. The van der Waals surface area contributed by atoms with E-state index in [9.17, 15) is 4.39 Å². The van der Waals surface area contributed by atoms with Crippen LogP contribution in [0.3, 0.4) is 0 Å². The van der Waals surface area contributed by atoms with Crippen molar-refractivity contribution in [2.24, 2.45) is 7.05 Å². The van der Waals surface area contributed by atoms with Gasteiger partial charge in [0, 0.05) is 24.5 Å². The Morgan fingerprint density at radius 3 is 2.52 bits per heavy atom. The van der Waals surface area contributed by atoms with Crippen LogP contribution in [0.25, 0.3) is 22.4 Å². The Balaban J connectivity index is 2.26. The van der Waals surface area contributed by atoms with Crippen LogP contribution < -0.4 is 5.73 Å². The van der Waals surface area contributed by atoms with Gasteiger partial charge < -0.3 is 5.73 Å². The predicted molar refractivity (Wildman–Crippen MR) is 81.0 cm³/mol. The molecule has 4 nitrogen and oxygen atoms in total. The highest BCUT2D eigenvalue weighted by molar-refractivity contribution is 5.88. The third-order valence-corrected chi connectivity index (χ3v) is 3.49. The van der Waals surface area contributed by atoms with Gasteiger partial charge in [-0.05, 0) is 36.8 Å². The van der Waals surface area contributed by atoms with Gasteiger partial charge in [0.15, 0.2) is 0 Å². The van der Waals surface area contributed by atoms with Crippen molar-refractivity contribution in [3.63, 3.8) is 0 Å². The number of nitrogen functional groups attached to an aromatic ring is 1. The van der Waals surface area contributed by atoms with Crippen molar-refractivity contribution in [1.82, 2.24) is 14.8 Å². The lowest BCUT2D eigenvalue weighted by Crippen LogP contribution is -1.98. The van der Waals surface area contributed by atoms with Crippen LogP contribution in [0, 0.1) is 12.7 Å². The molecule has 0 bridgehead atoms. The zero-order chi connectivity index (χ0) is 15.0. The Hall–Kier alpha value is -2.69. The number of anilines is 1. The SMILES string of the molecule is Cc1ncccc1-c1nn(C)c(N)c1-c1ccc(F)cc1. The molecule has 21 heavy (non-hydrogen) atoms. The molecule has 3 aromatic rings. The van der Waals surface area contributed by atoms with Crippen molar-refractivity contribution in [3.8, 4) is 22.4 Å². The van der Waals surface area contributed by atoms with Crippen LogP contribution in [0.15, 0.2) is 42.6 Å². The van der Waals surface area contributed by atoms with Crippen LogP contribution in [-0.4, -0.2) is 14.8 Å². The number of hydrogen-bond donors (Lipinski definition) is 1. The van der Waals surface area contributed by atoms with E-state index in [-0.39, 0.29) is 5.82 Å². The van der Waals surface area contributed by atoms with Gasteiger partial charge in [0.25, 0.3) is 0 Å². The van der Waals surface area contributed by atoms with Crippen LogP contribution in [-0.2, 0) is 7.05 Å². The Kier molecular flexibility index (Phi) is 3.17. The van der Waals surface area contributed by atoms with E-state index in [1.807, 2.05) is 19.1 Å². The molecule has 2 N–H and O–H groups in total. The summed E-state index contributed by atoms with van der Waals surface area (Å²) in [6.45, 7) is 1.93. The van der Waals surface area contributed by atoms with Crippen molar-refractivity contribution in [1.29, 1.82) is 0 Å². The summed E-state index contributed by atoms with van der Waals surface area (Å²) >= 11 is 0. The van der Waals surface area contributed by atoms with Gasteiger partial charge in [-0.15, -0.1) is 0 Å². The van der Waals surface area contributed by atoms with Gasteiger partial charge in [0.05, 0.1) is 5.56 Å². The minimum atomic E-state index is -0.277. The molecule has 0 aliphatic rings. The largest absolute Gasteiger partial charge is 0.383 e. The fourth-order valence-corrected chi connectivity index (χ4v) is 2.36. The maximum atomic E-state index is 13.1. The third-order valence-electron chi connectivity index (χ3n) is 3.49. The topological polar surface area (TPSA) is 56.7 Å². The van der Waals surface area contributed by atoms with Crippen molar-refractivity contribution in [3.05, 3.63) is 54.1 Å². The van der Waals surface area contributed by atoms with Crippen molar-refractivity contribution < 1.29 is 4.39 Å². The van der Waals surface area contributed by atoms with Gasteiger partial charge in [-0.3, -0.25) is 9.67 Å². The average molecular weight is 282 g/mol. The number of halogens is 1. The Labute approximate surface area is 122 Å². The van der Waals surface area contributed by atoms with Crippen LogP contribution in [0.4, 0.5) is 10.2 Å². The average Bonchev–Trinajstić information content (AvgIpc) is 2.76. The molecule has 0 aliphatic carbocycles. The first-order chi connectivity index (χ1) is 10.1. The van der Waals surface area contributed by atoms with E-state index in [4.69, 9.17) is 5.73 Å². The normalized spacial score (nSPS) is 10.8. The number of pyridine rings is 1. The Morgan fingerprint density at radius 2 is 1.86 bits per heavy atom. The molecular formula is C16H15FN4. The van der Waals surface area contributed by atoms with E-state index < -0.39 is 0 Å². The zero-order valence-electron chi connectivity index (χ0n) is 11.8. The molecule has 0 aliphatic heterocycles. The van der Waals surface area contributed by atoms with Gasteiger partial charge in [-0.1, -0.05) is 12.1 Å². The smallest absolute Gasteiger partial charge is 0.129 e. The first-order valence-electron chi connectivity index (χ1n) is 6.58. The van der Waals surface area contributed by atoms with Crippen LogP contribution in [0.5, 0.6) is 0 Å². The number of benzene rings is 1. The summed E-state index contributed by atoms with van der Waals surface area (Å²) < 4.78 is 14.8. The molecule has 0 fully saturated rings. The maximum Gasteiger partial charge on any atom is 0.129 e. The molecule has 0 atom stereocenters. The summed E-state index contributed by atoms with van der Waals surface area (Å²) in [7, 11) is 1.79. The molecule has 2 heterocycles. The second-order valence-corrected chi connectivity index (χ2v) is 4.88. The van der Waals surface area contributed by atoms with Crippen molar-refractivity contribution in [2.75, 3.05) is 5.73 Å². The van der Waals surface area contributed by atoms with E-state index in [0.29, 0.717) is 5.82 Å². The molecule has 0 saturated carbocycles. The number of hydrogen-bond acceptors (Lipinski definition) is 3. The molecule has 1 aromatic carbocycles. The lowest BCUT2D eigenvalue weighted by Gasteiger charge is -2.06. The summed E-state index contributed by atoms with van der Waals surface area (Å²) in [4.78, 5) is 4.29. The van der Waals surface area contributed by atoms with Gasteiger partial charge in [0.1, 0.15) is 17.3 Å². The minimum absolute atomic E-state index is 0.277. The first kappa shape index (κ1) is 13.3. The van der Waals surface area contributed by atoms with Crippen LogP contribution in [0.2, 0.25) is 0 Å². The highest BCUT2D eigenvalue weighted by Gasteiger charge is 2.18. The molecule has 106 valence electrons. The molecule has 3 rings (SSSR count). The van der Waals surface area contributed by atoms with Gasteiger partial charge in [-0.25, -0.2) is 4.39 Å². The Bertz CT molecular complexity index is 791. The number of rotatable bonds is 2. The summed E-state index contributed by atoms with van der Waals surface area (Å²) in [5.74, 6) is 0.264. The quantitative estimate of drug-likeness (QED) is 0.785. The number of aryl methyl sites for hydroxylation is 2. The number of aromatic nitrogens is 3. The highest BCUT2D eigenvalue weighted by atomic mass is 19.1. The second kappa shape index (κ2) is 5.01. The van der Waals surface area contributed by atoms with Crippen molar-refractivity contribution in [2.45, 2.75) is 6.92 Å². The molecule has 0 amide bonds. The monoisotopic (exact) mass is 282 g/mol. The molecule has 5 heteroatoms. The van der Waals surface area contributed by atoms with E-state index in [1.54, 1.807) is 30.1 Å². The highest BCUT2D eigenvalue weighted by Crippen LogP contribution is 2.36. The molecular weight excluding hydrogens is 267 g/mol.